The summed E-state index contributed by atoms with van der Waals surface area (Å²) in [4.78, 5) is 11.9. The van der Waals surface area contributed by atoms with Crippen LogP contribution < -0.4 is 10.6 Å². The predicted octanol–water partition coefficient (Wildman–Crippen LogP) is 3.79. The van der Waals surface area contributed by atoms with E-state index in [-0.39, 0.29) is 17.2 Å². The molecule has 0 aliphatic rings. The lowest BCUT2D eigenvalue weighted by Gasteiger charge is -2.11. The Kier molecular flexibility index (Phi) is 5.41. The second-order valence-corrected chi connectivity index (χ2v) is 5.15. The number of carbonyl (C=O) groups is 1. The van der Waals surface area contributed by atoms with Gasteiger partial charge in [0.15, 0.2) is 10.9 Å². The van der Waals surface area contributed by atoms with Crippen LogP contribution in [0.4, 0.5) is 14.5 Å². The largest absolute Gasteiger partial charge is 0.355 e. The number of carbonyl (C=O) groups excluding carboxylic acids is 1. The van der Waals surface area contributed by atoms with E-state index in [9.17, 15) is 13.6 Å². The maximum atomic E-state index is 13.5. The van der Waals surface area contributed by atoms with E-state index >= 15 is 0 Å². The van der Waals surface area contributed by atoms with Crippen LogP contribution in [0.5, 0.6) is 0 Å². The van der Waals surface area contributed by atoms with Gasteiger partial charge in [0.05, 0.1) is 22.8 Å². The first-order valence-corrected chi connectivity index (χ1v) is 7.03. The fourth-order valence-corrected chi connectivity index (χ4v) is 2.07. The van der Waals surface area contributed by atoms with E-state index in [1.165, 1.54) is 0 Å². The highest BCUT2D eigenvalue weighted by Crippen LogP contribution is 2.20. The highest BCUT2D eigenvalue weighted by atomic mass is 35.5. The minimum Gasteiger partial charge on any atom is -0.355 e. The van der Waals surface area contributed by atoms with E-state index in [0.717, 1.165) is 12.1 Å². The summed E-state index contributed by atoms with van der Waals surface area (Å²) in [5, 5.41) is 6.12. The molecule has 7 heteroatoms. The number of Topliss-reactive ketones (excluding diaryl/α,β-unsaturated/α-hetero) is 1. The van der Waals surface area contributed by atoms with E-state index in [2.05, 4.69) is 10.6 Å². The van der Waals surface area contributed by atoms with Crippen molar-refractivity contribution >= 4 is 40.4 Å². The standard InChI is InChI=1S/C15H11ClF2N2OS/c16-11-3-1-2-4-13(11)20-15(22)19-8-14(21)10-6-5-9(17)7-12(10)18/h1-7H,8H2,(H2,19,20,22). The molecule has 3 nitrogen and oxygen atoms in total. The zero-order valence-electron chi connectivity index (χ0n) is 11.2. The SMILES string of the molecule is O=C(CNC(=S)Nc1ccccc1Cl)c1ccc(F)cc1F. The molecule has 0 heterocycles. The molecule has 22 heavy (non-hydrogen) atoms. The molecule has 2 aromatic rings. The molecule has 0 aromatic heterocycles. The van der Waals surface area contributed by atoms with E-state index in [0.29, 0.717) is 16.8 Å². The van der Waals surface area contributed by atoms with Crippen LogP contribution in [0.2, 0.25) is 5.02 Å². The van der Waals surface area contributed by atoms with Crippen LogP contribution in [0.25, 0.3) is 0 Å². The maximum Gasteiger partial charge on any atom is 0.184 e. The normalized spacial score (nSPS) is 10.1. The Balaban J connectivity index is 1.93. The lowest BCUT2D eigenvalue weighted by Crippen LogP contribution is -2.33. The third kappa shape index (κ3) is 4.22. The van der Waals surface area contributed by atoms with Crippen molar-refractivity contribution in [3.05, 3.63) is 64.7 Å². The first-order chi connectivity index (χ1) is 10.5. The number of thiocarbonyl (C=S) groups is 1. The summed E-state index contributed by atoms with van der Waals surface area (Å²) >= 11 is 11.0. The summed E-state index contributed by atoms with van der Waals surface area (Å²) in [6.07, 6.45) is 0. The molecule has 0 bridgehead atoms. The number of halogens is 3. The van der Waals surface area contributed by atoms with Crippen molar-refractivity contribution in [3.63, 3.8) is 0 Å². The van der Waals surface area contributed by atoms with Gasteiger partial charge in [0.1, 0.15) is 11.6 Å². The molecular formula is C15H11ClF2N2OS. The number of ketones is 1. The number of nitrogens with one attached hydrogen (secondary N) is 2. The average Bonchev–Trinajstić information content (AvgIpc) is 2.47. The van der Waals surface area contributed by atoms with E-state index in [1.54, 1.807) is 24.3 Å². The summed E-state index contributed by atoms with van der Waals surface area (Å²) in [6.45, 7) is -0.223. The van der Waals surface area contributed by atoms with Crippen molar-refractivity contribution in [3.8, 4) is 0 Å². The zero-order valence-corrected chi connectivity index (χ0v) is 12.8. The van der Waals surface area contributed by atoms with Gasteiger partial charge < -0.3 is 10.6 Å². The third-order valence-electron chi connectivity index (χ3n) is 2.76. The summed E-state index contributed by atoms with van der Waals surface area (Å²) in [6, 6.07) is 9.73. The first kappa shape index (κ1) is 16.3. The maximum absolute atomic E-state index is 13.5. The van der Waals surface area contributed by atoms with Gasteiger partial charge in [-0.25, -0.2) is 8.78 Å². The van der Waals surface area contributed by atoms with Gasteiger partial charge in [0, 0.05) is 6.07 Å². The van der Waals surface area contributed by atoms with E-state index in [1.807, 2.05) is 0 Å². The molecule has 0 saturated carbocycles. The summed E-state index contributed by atoms with van der Waals surface area (Å²) in [5.41, 5.74) is 0.386. The van der Waals surface area contributed by atoms with Crippen LogP contribution in [-0.2, 0) is 0 Å². The van der Waals surface area contributed by atoms with E-state index in [4.69, 9.17) is 23.8 Å². The van der Waals surface area contributed by atoms with Gasteiger partial charge in [-0.1, -0.05) is 23.7 Å². The number of hydrogen-bond acceptors (Lipinski definition) is 2. The Hall–Kier alpha value is -2.05. The van der Waals surface area contributed by atoms with Crippen LogP contribution >= 0.6 is 23.8 Å². The van der Waals surface area contributed by atoms with Crippen molar-refractivity contribution in [2.45, 2.75) is 0 Å². The summed E-state index contributed by atoms with van der Waals surface area (Å²) in [5.74, 6) is -2.18. The van der Waals surface area contributed by atoms with Gasteiger partial charge in [0.25, 0.3) is 0 Å². The molecule has 0 fully saturated rings. The number of benzene rings is 2. The molecule has 0 atom stereocenters. The molecule has 0 unspecified atom stereocenters. The molecular weight excluding hydrogens is 330 g/mol. The molecule has 0 aliphatic carbocycles. The highest BCUT2D eigenvalue weighted by molar-refractivity contribution is 7.80. The molecule has 2 aromatic carbocycles. The van der Waals surface area contributed by atoms with Crippen LogP contribution in [-0.4, -0.2) is 17.4 Å². The first-order valence-electron chi connectivity index (χ1n) is 6.25. The summed E-state index contributed by atoms with van der Waals surface area (Å²) < 4.78 is 26.3. The molecule has 2 N–H and O–H groups in total. The Morgan fingerprint density at radius 1 is 1.18 bits per heavy atom. The molecule has 0 radical (unpaired) electrons. The topological polar surface area (TPSA) is 41.1 Å². The molecule has 0 amide bonds. The molecule has 0 aliphatic heterocycles. The van der Waals surface area contributed by atoms with Gasteiger partial charge in [-0.3, -0.25) is 4.79 Å². The van der Waals surface area contributed by atoms with Gasteiger partial charge >= 0.3 is 0 Å². The highest BCUT2D eigenvalue weighted by Gasteiger charge is 2.13. The summed E-state index contributed by atoms with van der Waals surface area (Å²) in [7, 11) is 0. The molecule has 0 spiro atoms. The van der Waals surface area contributed by atoms with Crippen molar-refractivity contribution in [2.75, 3.05) is 11.9 Å². The van der Waals surface area contributed by atoms with Crippen molar-refractivity contribution in [1.82, 2.24) is 5.32 Å². The van der Waals surface area contributed by atoms with Crippen LogP contribution in [0, 0.1) is 11.6 Å². The van der Waals surface area contributed by atoms with Crippen LogP contribution in [0.1, 0.15) is 10.4 Å². The van der Waals surface area contributed by atoms with Gasteiger partial charge in [0.2, 0.25) is 0 Å². The van der Waals surface area contributed by atoms with Crippen LogP contribution in [0.15, 0.2) is 42.5 Å². The lowest BCUT2D eigenvalue weighted by molar-refractivity contribution is 0.0992. The predicted molar refractivity (Wildman–Crippen MR) is 86.4 cm³/mol. The molecule has 114 valence electrons. The van der Waals surface area contributed by atoms with Crippen molar-refractivity contribution < 1.29 is 13.6 Å². The van der Waals surface area contributed by atoms with Crippen molar-refractivity contribution in [2.24, 2.45) is 0 Å². The van der Waals surface area contributed by atoms with E-state index < -0.39 is 17.4 Å². The fourth-order valence-electron chi connectivity index (χ4n) is 1.70. The Morgan fingerprint density at radius 3 is 2.59 bits per heavy atom. The lowest BCUT2D eigenvalue weighted by atomic mass is 10.1. The second kappa shape index (κ2) is 7.29. The van der Waals surface area contributed by atoms with Gasteiger partial charge in [-0.05, 0) is 36.5 Å². The number of rotatable bonds is 4. The van der Waals surface area contributed by atoms with Crippen molar-refractivity contribution in [1.29, 1.82) is 0 Å². The Morgan fingerprint density at radius 2 is 1.91 bits per heavy atom. The molecule has 0 saturated heterocycles. The number of hydrogen-bond donors (Lipinski definition) is 2. The minimum absolute atomic E-state index is 0.170. The molecule has 2 rings (SSSR count). The fraction of sp³-hybridized carbons (Fsp3) is 0.0667. The second-order valence-electron chi connectivity index (χ2n) is 4.33. The Bertz CT molecular complexity index is 724. The minimum atomic E-state index is -0.906. The Labute approximate surface area is 136 Å². The number of anilines is 1. The van der Waals surface area contributed by atoms with Gasteiger partial charge in [-0.2, -0.15) is 0 Å². The smallest absolute Gasteiger partial charge is 0.184 e. The number of para-hydroxylation sites is 1. The third-order valence-corrected chi connectivity index (χ3v) is 3.34. The average molecular weight is 341 g/mol. The van der Waals surface area contributed by atoms with Crippen LogP contribution in [0.3, 0.4) is 0 Å². The zero-order chi connectivity index (χ0) is 16.1. The quantitative estimate of drug-likeness (QED) is 0.656. The van der Waals surface area contributed by atoms with Gasteiger partial charge in [-0.15, -0.1) is 0 Å². The monoisotopic (exact) mass is 340 g/mol.